The van der Waals surface area contributed by atoms with Gasteiger partial charge in [0.1, 0.15) is 0 Å². The molecule has 24 heavy (non-hydrogen) atoms. The van der Waals surface area contributed by atoms with Crippen LogP contribution in [-0.4, -0.2) is 46.5 Å². The predicted molar refractivity (Wildman–Crippen MR) is 93.6 cm³/mol. The zero-order chi connectivity index (χ0) is 17.2. The van der Waals surface area contributed by atoms with Crippen molar-refractivity contribution in [2.24, 2.45) is 0 Å². The monoisotopic (exact) mass is 351 g/mol. The Morgan fingerprint density at radius 1 is 1.17 bits per heavy atom. The topological polar surface area (TPSA) is 79.6 Å². The van der Waals surface area contributed by atoms with Crippen molar-refractivity contribution in [1.82, 2.24) is 18.9 Å². The zero-order valence-corrected chi connectivity index (χ0v) is 15.1. The van der Waals surface area contributed by atoms with E-state index in [2.05, 4.69) is 15.5 Å². The van der Waals surface area contributed by atoms with Crippen molar-refractivity contribution >= 4 is 21.6 Å². The molecule has 2 aromatic rings. The van der Waals surface area contributed by atoms with Crippen LogP contribution in [-0.2, 0) is 10.0 Å². The van der Waals surface area contributed by atoms with Crippen LogP contribution in [0.5, 0.6) is 0 Å². The highest BCUT2D eigenvalue weighted by Gasteiger charge is 2.23. The fourth-order valence-corrected chi connectivity index (χ4v) is 4.72. The largest absolute Gasteiger partial charge is 0.351 e. The Bertz CT molecular complexity index is 792. The number of pyridine rings is 1. The van der Waals surface area contributed by atoms with E-state index < -0.39 is 10.0 Å². The summed E-state index contributed by atoms with van der Waals surface area (Å²) in [5.74, 6) is 0.619. The maximum Gasteiger partial charge on any atom is 0.244 e. The molecule has 0 spiro atoms. The van der Waals surface area contributed by atoms with Crippen molar-refractivity contribution in [2.45, 2.75) is 56.9 Å². The molecule has 0 saturated heterocycles. The number of fused-ring (bicyclic) bond motifs is 1. The quantitative estimate of drug-likeness (QED) is 0.865. The average molecular weight is 351 g/mol. The van der Waals surface area contributed by atoms with Gasteiger partial charge in [-0.25, -0.2) is 8.42 Å². The highest BCUT2D eigenvalue weighted by Crippen LogP contribution is 2.22. The molecule has 8 heteroatoms. The van der Waals surface area contributed by atoms with E-state index in [9.17, 15) is 8.42 Å². The minimum Gasteiger partial charge on any atom is -0.351 e. The first kappa shape index (κ1) is 17.2. The van der Waals surface area contributed by atoms with Crippen molar-refractivity contribution in [3.8, 4) is 0 Å². The Hall–Kier alpha value is -1.67. The lowest BCUT2D eigenvalue weighted by Gasteiger charge is -2.22. The van der Waals surface area contributed by atoms with Crippen LogP contribution in [0, 0.1) is 0 Å². The third-order valence-corrected chi connectivity index (χ3v) is 6.69. The number of sulfonamides is 1. The van der Waals surface area contributed by atoms with E-state index in [4.69, 9.17) is 0 Å². The van der Waals surface area contributed by atoms with E-state index in [0.29, 0.717) is 30.7 Å². The summed E-state index contributed by atoms with van der Waals surface area (Å²) in [4.78, 5) is 0.269. The molecule has 1 aliphatic carbocycles. The number of aromatic nitrogens is 3. The van der Waals surface area contributed by atoms with Crippen LogP contribution < -0.4 is 5.32 Å². The summed E-state index contributed by atoms with van der Waals surface area (Å²) < 4.78 is 28.6. The van der Waals surface area contributed by atoms with Crippen molar-refractivity contribution in [3.63, 3.8) is 0 Å². The van der Waals surface area contributed by atoms with E-state index in [0.717, 1.165) is 12.8 Å². The van der Waals surface area contributed by atoms with Crippen molar-refractivity contribution < 1.29 is 8.42 Å². The molecule has 0 bridgehead atoms. The molecular formula is C16H25N5O2S. The van der Waals surface area contributed by atoms with Gasteiger partial charge in [0.25, 0.3) is 0 Å². The van der Waals surface area contributed by atoms with Crippen LogP contribution in [0.1, 0.15) is 46.0 Å². The molecule has 2 heterocycles. The molecule has 0 radical (unpaired) electrons. The molecule has 1 N–H and O–H groups in total. The lowest BCUT2D eigenvalue weighted by molar-refractivity contribution is 0.445. The van der Waals surface area contributed by atoms with Gasteiger partial charge < -0.3 is 5.32 Å². The van der Waals surface area contributed by atoms with Gasteiger partial charge in [-0.3, -0.25) is 4.40 Å². The van der Waals surface area contributed by atoms with Gasteiger partial charge in [-0.15, -0.1) is 10.2 Å². The maximum atomic E-state index is 12.7. The van der Waals surface area contributed by atoms with E-state index in [1.807, 2.05) is 13.8 Å². The summed E-state index contributed by atoms with van der Waals surface area (Å²) in [5, 5.41) is 11.7. The minimum atomic E-state index is -3.49. The molecule has 2 aromatic heterocycles. The summed E-state index contributed by atoms with van der Waals surface area (Å²) in [7, 11) is -3.49. The molecular weight excluding hydrogens is 326 g/mol. The second-order valence-electron chi connectivity index (χ2n) is 6.19. The first-order valence-electron chi connectivity index (χ1n) is 8.67. The number of nitrogens with one attached hydrogen (secondary N) is 1. The standard InChI is InChI=1S/C16H25N5O2S/c1-3-20(4-2)24(22,23)14-10-11-15-18-19-16(21(15)12-14)17-13-8-6-5-7-9-13/h10-13H,3-9H2,1-2H3,(H,17,19). The van der Waals surface area contributed by atoms with Gasteiger partial charge in [0.2, 0.25) is 16.0 Å². The van der Waals surface area contributed by atoms with Crippen molar-refractivity contribution in [3.05, 3.63) is 18.3 Å². The second-order valence-corrected chi connectivity index (χ2v) is 8.12. The minimum absolute atomic E-state index is 0.269. The third kappa shape index (κ3) is 3.25. The molecule has 1 saturated carbocycles. The van der Waals surface area contributed by atoms with E-state index >= 15 is 0 Å². The van der Waals surface area contributed by atoms with Gasteiger partial charge in [0.15, 0.2) is 5.65 Å². The number of hydrogen-bond donors (Lipinski definition) is 1. The normalized spacial score (nSPS) is 16.8. The summed E-state index contributed by atoms with van der Waals surface area (Å²) in [6, 6.07) is 3.69. The Labute approximate surface area is 143 Å². The third-order valence-electron chi connectivity index (χ3n) is 4.66. The SMILES string of the molecule is CCN(CC)S(=O)(=O)c1ccc2nnc(NC3CCCCC3)n2c1. The lowest BCUT2D eigenvalue weighted by atomic mass is 9.96. The molecule has 1 aliphatic rings. The van der Waals surface area contributed by atoms with Gasteiger partial charge in [0, 0.05) is 25.3 Å². The van der Waals surface area contributed by atoms with Crippen LogP contribution in [0.25, 0.3) is 5.65 Å². The highest BCUT2D eigenvalue weighted by atomic mass is 32.2. The first-order chi connectivity index (χ1) is 11.6. The summed E-state index contributed by atoms with van der Waals surface area (Å²) in [5.41, 5.74) is 0.645. The van der Waals surface area contributed by atoms with Crippen LogP contribution in [0.3, 0.4) is 0 Å². The maximum absolute atomic E-state index is 12.7. The number of anilines is 1. The van der Waals surface area contributed by atoms with Crippen molar-refractivity contribution in [2.75, 3.05) is 18.4 Å². The van der Waals surface area contributed by atoms with Crippen LogP contribution in [0.15, 0.2) is 23.2 Å². The van der Waals surface area contributed by atoms with Gasteiger partial charge in [-0.2, -0.15) is 4.31 Å². The molecule has 0 amide bonds. The van der Waals surface area contributed by atoms with Gasteiger partial charge in [-0.05, 0) is 25.0 Å². The fraction of sp³-hybridized carbons (Fsp3) is 0.625. The van der Waals surface area contributed by atoms with Crippen LogP contribution in [0.2, 0.25) is 0 Å². The zero-order valence-electron chi connectivity index (χ0n) is 14.3. The van der Waals surface area contributed by atoms with E-state index in [1.54, 1.807) is 22.7 Å². The Morgan fingerprint density at radius 3 is 2.54 bits per heavy atom. The second kappa shape index (κ2) is 7.06. The molecule has 0 atom stereocenters. The number of hydrogen-bond acceptors (Lipinski definition) is 5. The smallest absolute Gasteiger partial charge is 0.244 e. The van der Waals surface area contributed by atoms with Gasteiger partial charge in [-0.1, -0.05) is 33.1 Å². The van der Waals surface area contributed by atoms with Crippen LogP contribution in [0.4, 0.5) is 5.95 Å². The Morgan fingerprint density at radius 2 is 1.88 bits per heavy atom. The average Bonchev–Trinajstić information content (AvgIpc) is 2.99. The molecule has 0 aliphatic heterocycles. The molecule has 7 nitrogen and oxygen atoms in total. The Kier molecular flexibility index (Phi) is 5.05. The summed E-state index contributed by atoms with van der Waals surface area (Å²) >= 11 is 0. The number of nitrogens with zero attached hydrogens (tertiary/aromatic N) is 4. The molecule has 132 valence electrons. The molecule has 0 unspecified atom stereocenters. The van der Waals surface area contributed by atoms with Gasteiger partial charge >= 0.3 is 0 Å². The lowest BCUT2D eigenvalue weighted by Crippen LogP contribution is -2.30. The summed E-state index contributed by atoms with van der Waals surface area (Å²) in [6.07, 6.45) is 7.57. The fourth-order valence-electron chi connectivity index (χ4n) is 3.26. The molecule has 3 rings (SSSR count). The first-order valence-corrected chi connectivity index (χ1v) is 10.1. The Balaban J connectivity index is 1.93. The van der Waals surface area contributed by atoms with E-state index in [1.165, 1.54) is 23.6 Å². The summed E-state index contributed by atoms with van der Waals surface area (Å²) in [6.45, 7) is 4.58. The van der Waals surface area contributed by atoms with Crippen molar-refractivity contribution in [1.29, 1.82) is 0 Å². The highest BCUT2D eigenvalue weighted by molar-refractivity contribution is 7.89. The number of rotatable bonds is 6. The predicted octanol–water partition coefficient (Wildman–Crippen LogP) is 2.50. The van der Waals surface area contributed by atoms with Crippen LogP contribution >= 0.6 is 0 Å². The van der Waals surface area contributed by atoms with E-state index in [-0.39, 0.29) is 4.90 Å². The molecule has 1 fully saturated rings. The van der Waals surface area contributed by atoms with Gasteiger partial charge in [0.05, 0.1) is 4.90 Å². The molecule has 0 aromatic carbocycles.